The van der Waals surface area contributed by atoms with E-state index in [9.17, 15) is 19.4 Å². The number of carbonyl (C=O) groups excluding carboxylic acids is 1. The molecule has 0 rings (SSSR count). The van der Waals surface area contributed by atoms with Crippen LogP contribution in [0.2, 0.25) is 0 Å². The van der Waals surface area contributed by atoms with E-state index in [-0.39, 0.29) is 13.0 Å². The van der Waals surface area contributed by atoms with E-state index < -0.39 is 32.4 Å². The first-order chi connectivity index (χ1) is 14.1. The van der Waals surface area contributed by atoms with Gasteiger partial charge < -0.3 is 23.5 Å². The van der Waals surface area contributed by atoms with Gasteiger partial charge in [0.25, 0.3) is 7.82 Å². The number of ketones is 1. The van der Waals surface area contributed by atoms with Crippen LogP contribution in [0.15, 0.2) is 0 Å². The van der Waals surface area contributed by atoms with Gasteiger partial charge in [-0.2, -0.15) is 0 Å². The molecule has 0 saturated carbocycles. The highest BCUT2D eigenvalue weighted by Crippen LogP contribution is 2.41. The Balaban J connectivity index is 4.49. The van der Waals surface area contributed by atoms with E-state index >= 15 is 0 Å². The number of hydrogen-bond acceptors (Lipinski definition) is 8. The number of likely N-dealkylation sites (N-methyl/N-ethyl adjacent to an activating group) is 1. The minimum Gasteiger partial charge on any atom is -0.756 e. The highest BCUT2D eigenvalue weighted by molar-refractivity contribution is 7.45. The molecule has 0 aliphatic heterocycles. The van der Waals surface area contributed by atoms with Gasteiger partial charge in [-0.25, -0.2) is 4.89 Å². The van der Waals surface area contributed by atoms with Crippen LogP contribution >= 0.6 is 7.82 Å². The summed E-state index contributed by atoms with van der Waals surface area (Å²) in [5, 5.41) is 18.2. The summed E-state index contributed by atoms with van der Waals surface area (Å²) in [6, 6.07) is 0. The first-order valence-electron chi connectivity index (χ1n) is 10.9. The number of Topliss-reactive ketones (excluding diaryl/α,β-unsaturated/α-hetero) is 1. The molecule has 10 heteroatoms. The standard InChI is InChI=1S/C20H42NO8P/c1-5-6-7-8-9-10-11-12-13-14-18(23)20(19(17-22)28-24)29-30(25,26)27-16-15-21(2,3)4/h19-20,22H,5-17H2,1-4H3,(H-,24,25,26)/t19-,20?/m0/s1. The summed E-state index contributed by atoms with van der Waals surface area (Å²) < 4.78 is 22.3. The molecule has 30 heavy (non-hydrogen) atoms. The molecular formula is C20H42NO8P. The monoisotopic (exact) mass is 455 g/mol. The second kappa shape index (κ2) is 16.3. The first-order valence-corrected chi connectivity index (χ1v) is 12.4. The van der Waals surface area contributed by atoms with Crippen molar-refractivity contribution < 1.29 is 43.0 Å². The van der Waals surface area contributed by atoms with E-state index in [1.807, 2.05) is 21.1 Å². The summed E-state index contributed by atoms with van der Waals surface area (Å²) >= 11 is 0. The van der Waals surface area contributed by atoms with Crippen molar-refractivity contribution in [2.24, 2.45) is 0 Å². The van der Waals surface area contributed by atoms with Crippen LogP contribution in [-0.4, -0.2) is 73.7 Å². The van der Waals surface area contributed by atoms with E-state index in [1.165, 1.54) is 32.1 Å². The minimum atomic E-state index is -4.82. The van der Waals surface area contributed by atoms with Crippen LogP contribution in [0.1, 0.15) is 71.1 Å². The number of quaternary nitrogens is 1. The molecule has 180 valence electrons. The normalized spacial score (nSPS) is 16.2. The van der Waals surface area contributed by atoms with Crippen molar-refractivity contribution in [3.63, 3.8) is 0 Å². The summed E-state index contributed by atoms with van der Waals surface area (Å²) in [5.74, 6) is -0.558. The summed E-state index contributed by atoms with van der Waals surface area (Å²) in [6.45, 7) is 1.70. The van der Waals surface area contributed by atoms with Crippen LogP contribution < -0.4 is 4.89 Å². The molecule has 0 radical (unpaired) electrons. The summed E-state index contributed by atoms with van der Waals surface area (Å²) in [4.78, 5) is 28.6. The Morgan fingerprint density at radius 1 is 1.03 bits per heavy atom. The predicted molar refractivity (Wildman–Crippen MR) is 113 cm³/mol. The van der Waals surface area contributed by atoms with Crippen molar-refractivity contribution in [3.8, 4) is 0 Å². The third kappa shape index (κ3) is 15.4. The van der Waals surface area contributed by atoms with Gasteiger partial charge in [0.2, 0.25) is 0 Å². The number of hydrogen-bond donors (Lipinski definition) is 2. The van der Waals surface area contributed by atoms with E-state index in [1.54, 1.807) is 0 Å². The molecule has 0 aromatic carbocycles. The zero-order chi connectivity index (χ0) is 23.0. The Morgan fingerprint density at radius 2 is 1.57 bits per heavy atom. The molecule has 0 aliphatic rings. The number of phosphoric acid groups is 1. The van der Waals surface area contributed by atoms with Gasteiger partial charge >= 0.3 is 0 Å². The summed E-state index contributed by atoms with van der Waals surface area (Å²) in [6.07, 6.45) is 6.56. The maximum absolute atomic E-state index is 12.5. The van der Waals surface area contributed by atoms with E-state index in [2.05, 4.69) is 11.8 Å². The predicted octanol–water partition coefficient (Wildman–Crippen LogP) is 2.90. The van der Waals surface area contributed by atoms with Crippen molar-refractivity contribution in [1.29, 1.82) is 0 Å². The van der Waals surface area contributed by atoms with Crippen LogP contribution in [-0.2, 0) is 23.3 Å². The molecule has 0 fully saturated rings. The molecule has 0 aliphatic carbocycles. The zero-order valence-corrected chi connectivity index (χ0v) is 20.0. The molecule has 3 atom stereocenters. The fourth-order valence-corrected chi connectivity index (χ4v) is 3.76. The Morgan fingerprint density at radius 3 is 2.03 bits per heavy atom. The second-order valence-corrected chi connectivity index (χ2v) is 10.1. The number of unbranched alkanes of at least 4 members (excludes halogenated alkanes) is 8. The number of aliphatic hydroxyl groups excluding tert-OH is 1. The highest BCUT2D eigenvalue weighted by atomic mass is 31.2. The number of nitrogens with zero attached hydrogens (tertiary/aromatic N) is 1. The van der Waals surface area contributed by atoms with Crippen molar-refractivity contribution >= 4 is 13.6 Å². The molecule has 2 N–H and O–H groups in total. The topological polar surface area (TPSA) is 125 Å². The van der Waals surface area contributed by atoms with Crippen LogP contribution in [0.5, 0.6) is 0 Å². The number of carbonyl (C=O) groups is 1. The van der Waals surface area contributed by atoms with Crippen molar-refractivity contribution in [3.05, 3.63) is 0 Å². The molecule has 0 saturated heterocycles. The van der Waals surface area contributed by atoms with E-state index in [0.29, 0.717) is 17.4 Å². The third-order valence-corrected chi connectivity index (χ3v) is 5.74. The van der Waals surface area contributed by atoms with Crippen molar-refractivity contribution in [2.45, 2.75) is 83.3 Å². The number of rotatable bonds is 20. The number of phosphoric ester groups is 1. The van der Waals surface area contributed by atoms with Gasteiger partial charge in [0, 0.05) is 6.42 Å². The maximum Gasteiger partial charge on any atom is 0.268 e. The molecule has 0 aromatic heterocycles. The van der Waals surface area contributed by atoms with Gasteiger partial charge in [0.15, 0.2) is 11.9 Å². The van der Waals surface area contributed by atoms with Gasteiger partial charge in [0.1, 0.15) is 19.3 Å². The van der Waals surface area contributed by atoms with Crippen molar-refractivity contribution in [1.82, 2.24) is 0 Å². The molecule has 0 heterocycles. The Kier molecular flexibility index (Phi) is 16.1. The fourth-order valence-electron chi connectivity index (χ4n) is 2.87. The van der Waals surface area contributed by atoms with Crippen LogP contribution in [0.25, 0.3) is 0 Å². The van der Waals surface area contributed by atoms with Gasteiger partial charge in [-0.15, -0.1) is 0 Å². The van der Waals surface area contributed by atoms with Gasteiger partial charge in [0.05, 0.1) is 27.7 Å². The Hall–Kier alpha value is -0.380. The fraction of sp³-hybridized carbons (Fsp3) is 0.950. The molecule has 0 bridgehead atoms. The molecule has 2 unspecified atom stereocenters. The average molecular weight is 456 g/mol. The van der Waals surface area contributed by atoms with Crippen LogP contribution in [0.3, 0.4) is 0 Å². The Bertz CT molecular complexity index is 494. The van der Waals surface area contributed by atoms with Crippen LogP contribution in [0.4, 0.5) is 0 Å². The summed E-state index contributed by atoms with van der Waals surface area (Å²) in [5.41, 5.74) is 0. The largest absolute Gasteiger partial charge is 0.756 e. The third-order valence-electron chi connectivity index (χ3n) is 4.75. The molecule has 0 aromatic rings. The lowest BCUT2D eigenvalue weighted by atomic mass is 10.0. The Labute approximate surface area is 181 Å². The minimum absolute atomic E-state index is 0.0687. The molecule has 0 amide bonds. The number of aliphatic hydroxyl groups is 1. The van der Waals surface area contributed by atoms with Gasteiger partial charge in [-0.3, -0.25) is 14.6 Å². The van der Waals surface area contributed by atoms with Gasteiger partial charge in [-0.05, 0) is 6.42 Å². The lowest BCUT2D eigenvalue weighted by molar-refractivity contribution is -0.870. The van der Waals surface area contributed by atoms with Crippen molar-refractivity contribution in [2.75, 3.05) is 40.9 Å². The lowest BCUT2D eigenvalue weighted by Gasteiger charge is -2.31. The quantitative estimate of drug-likeness (QED) is 0.0944. The maximum atomic E-state index is 12.5. The zero-order valence-electron chi connectivity index (χ0n) is 19.1. The molecule has 0 spiro atoms. The summed E-state index contributed by atoms with van der Waals surface area (Å²) in [7, 11) is 0.806. The lowest BCUT2D eigenvalue weighted by Crippen LogP contribution is -2.41. The molecular weight excluding hydrogens is 413 g/mol. The molecule has 9 nitrogen and oxygen atoms in total. The smallest absolute Gasteiger partial charge is 0.268 e. The average Bonchev–Trinajstić information content (AvgIpc) is 2.65. The highest BCUT2D eigenvalue weighted by Gasteiger charge is 2.33. The van der Waals surface area contributed by atoms with Gasteiger partial charge in [-0.1, -0.05) is 58.3 Å². The first kappa shape index (κ1) is 29.6. The second-order valence-electron chi connectivity index (χ2n) is 8.69. The van der Waals surface area contributed by atoms with E-state index in [0.717, 1.165) is 19.3 Å². The van der Waals surface area contributed by atoms with Crippen LogP contribution in [0, 0.1) is 0 Å². The van der Waals surface area contributed by atoms with E-state index in [4.69, 9.17) is 14.3 Å². The SMILES string of the molecule is CCCCCCCCCCCC(=O)C(OP(=O)([O-])OCC[N+](C)(C)C)[C@H](CO)OO.